The molecule has 4 rings (SSSR count). The largest absolute Gasteiger partial charge is 0.488 e. The van der Waals surface area contributed by atoms with Gasteiger partial charge in [-0.3, -0.25) is 9.48 Å². The Morgan fingerprint density at radius 2 is 2.06 bits per heavy atom. The van der Waals surface area contributed by atoms with Crippen molar-refractivity contribution in [3.63, 3.8) is 0 Å². The topological polar surface area (TPSA) is 92.6 Å². The highest BCUT2D eigenvalue weighted by molar-refractivity contribution is 14.0. The molecule has 0 fully saturated rings. The van der Waals surface area contributed by atoms with Gasteiger partial charge in [-0.2, -0.15) is 5.10 Å². The van der Waals surface area contributed by atoms with Gasteiger partial charge in [-0.1, -0.05) is 30.3 Å². The molecule has 0 radical (unpaired) electrons. The SMILES string of the molecule is CCNC(=NCc1cccc(NC(=O)Cn2cccn2)c1)NCC1Cc2ccccc2O1.I. The molecule has 1 aromatic heterocycles. The van der Waals surface area contributed by atoms with Gasteiger partial charge in [-0.25, -0.2) is 4.99 Å². The summed E-state index contributed by atoms with van der Waals surface area (Å²) in [6.45, 7) is 4.14. The summed E-state index contributed by atoms with van der Waals surface area (Å²) in [5.41, 5.74) is 2.99. The molecule has 2 aromatic carbocycles. The molecule has 8 nitrogen and oxygen atoms in total. The van der Waals surface area contributed by atoms with E-state index in [1.807, 2.05) is 49.4 Å². The van der Waals surface area contributed by atoms with Gasteiger partial charge in [0.05, 0.1) is 13.1 Å². The zero-order valence-electron chi connectivity index (χ0n) is 18.5. The van der Waals surface area contributed by atoms with Crippen LogP contribution in [-0.4, -0.2) is 40.8 Å². The number of amides is 1. The van der Waals surface area contributed by atoms with E-state index < -0.39 is 0 Å². The van der Waals surface area contributed by atoms with Gasteiger partial charge in [0.2, 0.25) is 5.91 Å². The summed E-state index contributed by atoms with van der Waals surface area (Å²) in [5, 5.41) is 13.6. The van der Waals surface area contributed by atoms with Crippen molar-refractivity contribution in [1.29, 1.82) is 0 Å². The van der Waals surface area contributed by atoms with Crippen LogP contribution in [0.2, 0.25) is 0 Å². The lowest BCUT2D eigenvalue weighted by Gasteiger charge is -2.15. The summed E-state index contributed by atoms with van der Waals surface area (Å²) in [6, 6.07) is 17.7. The van der Waals surface area contributed by atoms with Crippen molar-refractivity contribution in [1.82, 2.24) is 20.4 Å². The molecule has 0 saturated carbocycles. The lowest BCUT2D eigenvalue weighted by Crippen LogP contribution is -2.42. The Morgan fingerprint density at radius 1 is 1.18 bits per heavy atom. The number of rotatable bonds is 8. The van der Waals surface area contributed by atoms with E-state index in [9.17, 15) is 4.79 Å². The first-order chi connectivity index (χ1) is 15.7. The van der Waals surface area contributed by atoms with Gasteiger partial charge in [0.1, 0.15) is 18.4 Å². The molecule has 1 unspecified atom stereocenters. The molecular formula is C24H29IN6O2. The number of anilines is 1. The zero-order valence-corrected chi connectivity index (χ0v) is 20.9. The molecule has 0 spiro atoms. The van der Waals surface area contributed by atoms with Crippen LogP contribution in [0.25, 0.3) is 0 Å². The average molecular weight is 560 g/mol. The highest BCUT2D eigenvalue weighted by Gasteiger charge is 2.22. The van der Waals surface area contributed by atoms with Gasteiger partial charge >= 0.3 is 0 Å². The lowest BCUT2D eigenvalue weighted by molar-refractivity contribution is -0.116. The lowest BCUT2D eigenvalue weighted by atomic mass is 10.1. The number of hydrogen-bond acceptors (Lipinski definition) is 4. The summed E-state index contributed by atoms with van der Waals surface area (Å²) in [5.74, 6) is 1.58. The van der Waals surface area contributed by atoms with Crippen LogP contribution in [0.1, 0.15) is 18.1 Å². The van der Waals surface area contributed by atoms with Crippen molar-refractivity contribution in [3.05, 3.63) is 78.1 Å². The summed E-state index contributed by atoms with van der Waals surface area (Å²) in [6.07, 6.45) is 4.39. The Bertz CT molecular complexity index is 1050. The standard InChI is InChI=1S/C24H28N6O2.HI/c1-2-25-24(27-16-21-14-19-8-3-4-10-22(19)32-21)26-15-18-7-5-9-20(13-18)29-23(31)17-30-12-6-11-28-30;/h3-13,21H,2,14-17H2,1H3,(H,29,31)(H2,25,26,27);1H. The van der Waals surface area contributed by atoms with Gasteiger partial charge in [-0.15, -0.1) is 24.0 Å². The Kier molecular flexibility index (Phi) is 9.11. The molecule has 0 saturated heterocycles. The molecule has 1 aliphatic rings. The van der Waals surface area contributed by atoms with Crippen LogP contribution in [0.3, 0.4) is 0 Å². The predicted octanol–water partition coefficient (Wildman–Crippen LogP) is 3.20. The first kappa shape index (κ1) is 24.6. The van der Waals surface area contributed by atoms with E-state index in [1.54, 1.807) is 23.1 Å². The van der Waals surface area contributed by atoms with Gasteiger partial charge in [0, 0.05) is 31.0 Å². The Hall–Kier alpha value is -3.08. The first-order valence-electron chi connectivity index (χ1n) is 10.8. The maximum absolute atomic E-state index is 12.2. The fourth-order valence-corrected chi connectivity index (χ4v) is 3.58. The second-order valence-electron chi connectivity index (χ2n) is 7.58. The number of benzene rings is 2. The number of carbonyl (C=O) groups is 1. The van der Waals surface area contributed by atoms with Gasteiger partial charge in [-0.05, 0) is 42.3 Å². The Labute approximate surface area is 210 Å². The summed E-state index contributed by atoms with van der Waals surface area (Å²) >= 11 is 0. The number of halogens is 1. The fraction of sp³-hybridized carbons (Fsp3) is 0.292. The van der Waals surface area contributed by atoms with Crippen LogP contribution in [0.15, 0.2) is 72.0 Å². The second kappa shape index (κ2) is 12.2. The zero-order chi connectivity index (χ0) is 22.2. The van der Waals surface area contributed by atoms with E-state index in [2.05, 4.69) is 32.1 Å². The second-order valence-corrected chi connectivity index (χ2v) is 7.58. The third kappa shape index (κ3) is 7.21. The number of aromatic nitrogens is 2. The van der Waals surface area contributed by atoms with E-state index in [0.29, 0.717) is 13.1 Å². The number of aliphatic imine (C=N–C) groups is 1. The van der Waals surface area contributed by atoms with Gasteiger partial charge < -0.3 is 20.7 Å². The number of nitrogens with one attached hydrogen (secondary N) is 3. The molecule has 3 N–H and O–H groups in total. The van der Waals surface area contributed by atoms with Gasteiger partial charge in [0.15, 0.2) is 5.96 Å². The molecule has 0 aliphatic carbocycles. The number of guanidine groups is 1. The minimum atomic E-state index is -0.123. The maximum Gasteiger partial charge on any atom is 0.246 e. The van der Waals surface area contributed by atoms with E-state index in [1.165, 1.54) is 5.56 Å². The van der Waals surface area contributed by atoms with Crippen LogP contribution in [0.5, 0.6) is 5.75 Å². The van der Waals surface area contributed by atoms with Crippen LogP contribution in [-0.2, 0) is 24.3 Å². The van der Waals surface area contributed by atoms with Crippen LogP contribution in [0.4, 0.5) is 5.69 Å². The molecule has 0 bridgehead atoms. The molecule has 1 atom stereocenters. The number of fused-ring (bicyclic) bond motifs is 1. The molecular weight excluding hydrogens is 531 g/mol. The van der Waals surface area contributed by atoms with Crippen LogP contribution in [0, 0.1) is 0 Å². The summed E-state index contributed by atoms with van der Waals surface area (Å²) in [4.78, 5) is 16.9. The minimum absolute atomic E-state index is 0. The normalized spacial score (nSPS) is 14.6. The summed E-state index contributed by atoms with van der Waals surface area (Å²) in [7, 11) is 0. The number of hydrogen-bond donors (Lipinski definition) is 3. The molecule has 1 aliphatic heterocycles. The van der Waals surface area contributed by atoms with E-state index in [4.69, 9.17) is 4.74 Å². The van der Waals surface area contributed by atoms with E-state index in [0.717, 1.165) is 35.9 Å². The fourth-order valence-electron chi connectivity index (χ4n) is 3.58. The highest BCUT2D eigenvalue weighted by atomic mass is 127. The third-order valence-corrected chi connectivity index (χ3v) is 5.05. The first-order valence-corrected chi connectivity index (χ1v) is 10.8. The smallest absolute Gasteiger partial charge is 0.246 e. The monoisotopic (exact) mass is 560 g/mol. The number of para-hydroxylation sites is 1. The van der Waals surface area contributed by atoms with Gasteiger partial charge in [0.25, 0.3) is 0 Å². The van der Waals surface area contributed by atoms with Crippen molar-refractivity contribution in [3.8, 4) is 5.75 Å². The Morgan fingerprint density at radius 3 is 2.85 bits per heavy atom. The minimum Gasteiger partial charge on any atom is -0.488 e. The van der Waals surface area contributed by atoms with E-state index >= 15 is 0 Å². The van der Waals surface area contributed by atoms with Crippen molar-refractivity contribution in [2.45, 2.75) is 32.5 Å². The van der Waals surface area contributed by atoms with Crippen molar-refractivity contribution in [2.24, 2.45) is 4.99 Å². The molecule has 9 heteroatoms. The quantitative estimate of drug-likeness (QED) is 0.224. The van der Waals surface area contributed by atoms with E-state index in [-0.39, 0.29) is 42.5 Å². The Balaban J connectivity index is 0.00000306. The molecule has 33 heavy (non-hydrogen) atoms. The predicted molar refractivity (Wildman–Crippen MR) is 140 cm³/mol. The molecule has 2 heterocycles. The summed E-state index contributed by atoms with van der Waals surface area (Å²) < 4.78 is 7.58. The molecule has 174 valence electrons. The van der Waals surface area contributed by atoms with Crippen molar-refractivity contribution in [2.75, 3.05) is 18.4 Å². The average Bonchev–Trinajstić information content (AvgIpc) is 3.45. The maximum atomic E-state index is 12.2. The number of nitrogens with zero attached hydrogens (tertiary/aromatic N) is 3. The highest BCUT2D eigenvalue weighted by Crippen LogP contribution is 2.27. The number of ether oxygens (including phenoxy) is 1. The van der Waals surface area contributed by atoms with Crippen LogP contribution >= 0.6 is 24.0 Å². The molecule has 3 aromatic rings. The number of carbonyl (C=O) groups excluding carboxylic acids is 1. The van der Waals surface area contributed by atoms with Crippen LogP contribution < -0.4 is 20.7 Å². The van der Waals surface area contributed by atoms with Crippen molar-refractivity contribution >= 4 is 41.5 Å². The van der Waals surface area contributed by atoms with Crippen molar-refractivity contribution < 1.29 is 9.53 Å². The molecule has 1 amide bonds. The third-order valence-electron chi connectivity index (χ3n) is 5.05.